The van der Waals surface area contributed by atoms with Crippen molar-refractivity contribution in [1.29, 1.82) is 0 Å². The fourth-order valence-corrected chi connectivity index (χ4v) is 7.54. The van der Waals surface area contributed by atoms with Crippen LogP contribution < -0.4 is 24.4 Å². The molecular formula is C36H28N2O6. The normalized spacial score (nSPS) is 23.9. The molecule has 0 saturated carbocycles. The summed E-state index contributed by atoms with van der Waals surface area (Å²) < 4.78 is 16.5. The van der Waals surface area contributed by atoms with Crippen molar-refractivity contribution in [2.24, 2.45) is 5.92 Å². The van der Waals surface area contributed by atoms with Crippen LogP contribution in [-0.4, -0.2) is 43.5 Å². The number of ether oxygens (including phenoxy) is 3. The fraction of sp³-hybridized carbons (Fsp3) is 0.194. The zero-order valence-electron chi connectivity index (χ0n) is 24.1. The van der Waals surface area contributed by atoms with Crippen molar-refractivity contribution in [2.75, 3.05) is 24.1 Å². The van der Waals surface area contributed by atoms with Crippen molar-refractivity contribution < 1.29 is 28.6 Å². The van der Waals surface area contributed by atoms with Crippen molar-refractivity contribution in [3.05, 3.63) is 119 Å². The molecule has 1 saturated heterocycles. The van der Waals surface area contributed by atoms with Crippen molar-refractivity contribution in [1.82, 2.24) is 0 Å². The summed E-state index contributed by atoms with van der Waals surface area (Å²) in [4.78, 5) is 46.5. The zero-order chi connectivity index (χ0) is 30.2. The number of Topliss-reactive ketones (excluding diaryl/α,β-unsaturated/α-hetero) is 2. The first-order valence-corrected chi connectivity index (χ1v) is 14.5. The summed E-state index contributed by atoms with van der Waals surface area (Å²) in [6.45, 7) is 2.07. The third-order valence-electron chi connectivity index (χ3n) is 9.47. The Morgan fingerprint density at radius 3 is 2.43 bits per heavy atom. The van der Waals surface area contributed by atoms with Crippen molar-refractivity contribution in [2.45, 2.75) is 24.4 Å². The van der Waals surface area contributed by atoms with Gasteiger partial charge in [0.15, 0.2) is 23.1 Å². The topological polar surface area (TPSA) is 94.2 Å². The molecule has 1 spiro atoms. The summed E-state index contributed by atoms with van der Waals surface area (Å²) in [7, 11) is 1.57. The molecule has 1 N–H and O–H groups in total. The molecule has 4 aliphatic rings. The number of methoxy groups -OCH3 is 1. The minimum atomic E-state index is -1.40. The smallest absolute Gasteiger partial charge is 0.238 e. The Labute approximate surface area is 253 Å². The number of fused-ring (bicyclic) bond motifs is 7. The molecule has 44 heavy (non-hydrogen) atoms. The average molecular weight is 585 g/mol. The average Bonchev–Trinajstić information content (AvgIpc) is 3.73. The highest BCUT2D eigenvalue weighted by atomic mass is 16.7. The van der Waals surface area contributed by atoms with E-state index in [0.29, 0.717) is 39.6 Å². The van der Waals surface area contributed by atoms with E-state index in [2.05, 4.69) is 5.32 Å². The number of para-hydroxylation sites is 2. The molecule has 0 bridgehead atoms. The Bertz CT molecular complexity index is 1910. The second-order valence-corrected chi connectivity index (χ2v) is 11.5. The Balaban J connectivity index is 1.41. The predicted molar refractivity (Wildman–Crippen MR) is 165 cm³/mol. The van der Waals surface area contributed by atoms with Crippen molar-refractivity contribution in [3.63, 3.8) is 0 Å². The molecule has 1 amide bonds. The first-order valence-electron chi connectivity index (χ1n) is 14.5. The number of nitrogens with one attached hydrogen (secondary N) is 1. The summed E-state index contributed by atoms with van der Waals surface area (Å²) in [5.41, 5.74) is 3.45. The molecule has 8 heteroatoms. The third-order valence-corrected chi connectivity index (χ3v) is 9.47. The van der Waals surface area contributed by atoms with Gasteiger partial charge in [0.1, 0.15) is 17.2 Å². The van der Waals surface area contributed by atoms with Crippen LogP contribution in [0.2, 0.25) is 0 Å². The molecule has 0 aliphatic carbocycles. The number of carbonyl (C=O) groups excluding carboxylic acids is 3. The lowest BCUT2D eigenvalue weighted by Crippen LogP contribution is -2.51. The van der Waals surface area contributed by atoms with E-state index in [9.17, 15) is 9.59 Å². The monoisotopic (exact) mass is 584 g/mol. The summed E-state index contributed by atoms with van der Waals surface area (Å²) in [5.74, 6) is -0.351. The number of amides is 1. The highest BCUT2D eigenvalue weighted by Crippen LogP contribution is 2.59. The van der Waals surface area contributed by atoms with E-state index in [1.54, 1.807) is 49.6 Å². The maximum atomic E-state index is 15.1. The van der Waals surface area contributed by atoms with E-state index in [-0.39, 0.29) is 24.3 Å². The van der Waals surface area contributed by atoms with Gasteiger partial charge in [0.2, 0.25) is 12.7 Å². The van der Waals surface area contributed by atoms with E-state index in [4.69, 9.17) is 14.2 Å². The summed E-state index contributed by atoms with van der Waals surface area (Å²) in [6, 6.07) is 25.6. The Hall–Kier alpha value is -5.37. The van der Waals surface area contributed by atoms with Crippen LogP contribution in [0.1, 0.15) is 38.8 Å². The number of hydrogen-bond acceptors (Lipinski definition) is 7. The molecule has 8 nitrogen and oxygen atoms in total. The van der Waals surface area contributed by atoms with Crippen LogP contribution in [0, 0.1) is 5.92 Å². The molecule has 4 aliphatic heterocycles. The van der Waals surface area contributed by atoms with E-state index in [0.717, 1.165) is 16.8 Å². The van der Waals surface area contributed by atoms with Gasteiger partial charge >= 0.3 is 0 Å². The lowest BCUT2D eigenvalue weighted by molar-refractivity contribution is -0.121. The number of rotatable bonds is 5. The summed E-state index contributed by atoms with van der Waals surface area (Å²) in [6.07, 6.45) is 2.05. The molecule has 0 unspecified atom stereocenters. The van der Waals surface area contributed by atoms with Crippen molar-refractivity contribution in [3.8, 4) is 17.2 Å². The largest absolute Gasteiger partial charge is 0.497 e. The van der Waals surface area contributed by atoms with Crippen LogP contribution in [-0.2, 0) is 10.2 Å². The molecule has 8 rings (SSSR count). The lowest BCUT2D eigenvalue weighted by atomic mass is 9.64. The molecule has 4 aromatic rings. The lowest BCUT2D eigenvalue weighted by Gasteiger charge is -2.39. The first kappa shape index (κ1) is 26.3. The number of ketones is 2. The molecule has 4 heterocycles. The van der Waals surface area contributed by atoms with E-state index in [1.165, 1.54) is 0 Å². The van der Waals surface area contributed by atoms with Gasteiger partial charge in [-0.15, -0.1) is 0 Å². The van der Waals surface area contributed by atoms with E-state index in [1.807, 2.05) is 66.4 Å². The highest BCUT2D eigenvalue weighted by molar-refractivity contribution is 6.18. The second kappa shape index (κ2) is 9.57. The van der Waals surface area contributed by atoms with E-state index >= 15 is 4.79 Å². The van der Waals surface area contributed by atoms with Crippen LogP contribution in [0.3, 0.4) is 0 Å². The number of carbonyl (C=O) groups is 3. The van der Waals surface area contributed by atoms with Crippen LogP contribution >= 0.6 is 0 Å². The Morgan fingerprint density at radius 2 is 1.61 bits per heavy atom. The number of hydrogen-bond donors (Lipinski definition) is 1. The maximum Gasteiger partial charge on any atom is 0.238 e. The van der Waals surface area contributed by atoms with Gasteiger partial charge in [0.25, 0.3) is 0 Å². The SMILES string of the molecule is COc1ccc(C(=O)[C@@H]2[C@@H](C(=O)c3ccc4c(c3)OCO4)[C@]3(C(=O)Nc4ccccc43)[C@H]3C=C(C)c4ccccc4N23)cc1. The minimum Gasteiger partial charge on any atom is -0.497 e. The fourth-order valence-electron chi connectivity index (χ4n) is 7.54. The Kier molecular flexibility index (Phi) is 5.71. The summed E-state index contributed by atoms with van der Waals surface area (Å²) >= 11 is 0. The Morgan fingerprint density at radius 1 is 0.886 bits per heavy atom. The van der Waals surface area contributed by atoms with Gasteiger partial charge in [-0.05, 0) is 72.7 Å². The van der Waals surface area contributed by atoms with Crippen LogP contribution in [0.15, 0.2) is 97.1 Å². The molecule has 218 valence electrons. The predicted octanol–water partition coefficient (Wildman–Crippen LogP) is 5.67. The van der Waals surface area contributed by atoms with Crippen molar-refractivity contribution >= 4 is 34.4 Å². The van der Waals surface area contributed by atoms with Gasteiger partial charge in [0.05, 0.1) is 19.1 Å². The van der Waals surface area contributed by atoms with Crippen LogP contribution in [0.25, 0.3) is 5.57 Å². The molecule has 4 aromatic carbocycles. The molecular weight excluding hydrogens is 556 g/mol. The van der Waals surface area contributed by atoms with Gasteiger partial charge in [-0.3, -0.25) is 14.4 Å². The van der Waals surface area contributed by atoms with Gasteiger partial charge in [-0.1, -0.05) is 42.5 Å². The first-order chi connectivity index (χ1) is 21.4. The standard InChI is InChI=1S/C36H28N2O6/c1-20-17-30-36(25-8-4-5-9-26(25)37-35(36)41)31(33(39)22-13-16-28-29(18-22)44-19-43-28)32(38(30)27-10-6-3-7-24(20)27)34(40)21-11-14-23(42-2)15-12-21/h3-18,30-32H,19H2,1-2H3,(H,37,41)/t30-,31+,32+,36-/m1/s1. The summed E-state index contributed by atoms with van der Waals surface area (Å²) in [5, 5.41) is 3.07. The number of benzene rings is 4. The quantitative estimate of drug-likeness (QED) is 0.302. The van der Waals surface area contributed by atoms with E-state index < -0.39 is 23.4 Å². The third kappa shape index (κ3) is 3.48. The molecule has 4 atom stereocenters. The molecule has 0 aromatic heterocycles. The molecule has 1 fully saturated rings. The maximum absolute atomic E-state index is 15.1. The number of nitrogens with zero attached hydrogens (tertiary/aromatic N) is 1. The zero-order valence-corrected chi connectivity index (χ0v) is 24.1. The van der Waals surface area contributed by atoms with Gasteiger partial charge in [-0.2, -0.15) is 0 Å². The van der Waals surface area contributed by atoms with Gasteiger partial charge < -0.3 is 24.4 Å². The molecule has 0 radical (unpaired) electrons. The number of allylic oxidation sites excluding steroid dienone is 1. The second-order valence-electron chi connectivity index (χ2n) is 11.5. The number of anilines is 2. The van der Waals surface area contributed by atoms with Crippen LogP contribution in [0.4, 0.5) is 11.4 Å². The van der Waals surface area contributed by atoms with Gasteiger partial charge in [0, 0.05) is 28.1 Å². The van der Waals surface area contributed by atoms with Gasteiger partial charge in [-0.25, -0.2) is 0 Å². The highest BCUT2D eigenvalue weighted by Gasteiger charge is 2.70. The van der Waals surface area contributed by atoms with Crippen LogP contribution in [0.5, 0.6) is 17.2 Å². The minimum absolute atomic E-state index is 0.0609.